The molecule has 0 aliphatic carbocycles. The fourth-order valence-corrected chi connectivity index (χ4v) is 1.11. The second kappa shape index (κ2) is 3.40. The van der Waals surface area contributed by atoms with Crippen LogP contribution < -0.4 is 5.73 Å². The summed E-state index contributed by atoms with van der Waals surface area (Å²) in [5, 5.41) is 9.55. The molecule has 4 heteroatoms. The number of rotatable bonds is 2. The third kappa shape index (κ3) is 1.84. The maximum absolute atomic E-state index is 13.1. The van der Waals surface area contributed by atoms with Gasteiger partial charge in [0.1, 0.15) is 17.2 Å². The molecule has 1 aromatic rings. The Bertz CT molecular complexity index is 292. The van der Waals surface area contributed by atoms with Gasteiger partial charge in [-0.15, -0.1) is 0 Å². The fourth-order valence-electron chi connectivity index (χ4n) is 1.11. The third-order valence-corrected chi connectivity index (χ3v) is 1.90. The predicted molar refractivity (Wildman–Crippen MR) is 45.0 cm³/mol. The van der Waals surface area contributed by atoms with Crippen molar-refractivity contribution in [2.45, 2.75) is 12.5 Å². The quantitative estimate of drug-likeness (QED) is 0.729. The van der Waals surface area contributed by atoms with E-state index in [0.29, 0.717) is 0 Å². The van der Waals surface area contributed by atoms with Crippen molar-refractivity contribution in [3.05, 3.63) is 35.4 Å². The van der Waals surface area contributed by atoms with Crippen LogP contribution in [0, 0.1) is 11.6 Å². The molecule has 1 aromatic carbocycles. The molecule has 0 bridgehead atoms. The van der Waals surface area contributed by atoms with Gasteiger partial charge in [0.15, 0.2) is 0 Å². The van der Waals surface area contributed by atoms with Crippen molar-refractivity contribution < 1.29 is 13.9 Å². The average molecular weight is 187 g/mol. The van der Waals surface area contributed by atoms with Crippen LogP contribution in [0.25, 0.3) is 0 Å². The first-order valence-corrected chi connectivity index (χ1v) is 3.86. The Labute approximate surface area is 75.0 Å². The van der Waals surface area contributed by atoms with Gasteiger partial charge in [-0.25, -0.2) is 8.78 Å². The van der Waals surface area contributed by atoms with Gasteiger partial charge in [0.25, 0.3) is 0 Å². The lowest BCUT2D eigenvalue weighted by Gasteiger charge is -2.22. The highest BCUT2D eigenvalue weighted by atomic mass is 19.1. The first kappa shape index (κ1) is 10.1. The summed E-state index contributed by atoms with van der Waals surface area (Å²) in [7, 11) is 0. The molecular weight excluding hydrogens is 176 g/mol. The minimum Gasteiger partial charge on any atom is -0.384 e. The Morgan fingerprint density at radius 3 is 2.23 bits per heavy atom. The van der Waals surface area contributed by atoms with E-state index in [1.165, 1.54) is 13.0 Å². The normalized spacial score (nSPS) is 15.5. The molecule has 0 fully saturated rings. The van der Waals surface area contributed by atoms with Crippen molar-refractivity contribution >= 4 is 0 Å². The van der Waals surface area contributed by atoms with E-state index < -0.39 is 17.2 Å². The number of aliphatic hydroxyl groups is 1. The molecule has 13 heavy (non-hydrogen) atoms. The van der Waals surface area contributed by atoms with Crippen LogP contribution in [0.5, 0.6) is 0 Å². The topological polar surface area (TPSA) is 46.2 Å². The molecule has 1 atom stereocenters. The van der Waals surface area contributed by atoms with Crippen LogP contribution in [-0.2, 0) is 5.60 Å². The largest absolute Gasteiger partial charge is 0.384 e. The van der Waals surface area contributed by atoms with Crippen LogP contribution in [0.15, 0.2) is 18.2 Å². The second-order valence-corrected chi connectivity index (χ2v) is 3.07. The molecule has 0 radical (unpaired) electrons. The SMILES string of the molecule is CC(O)(CN)c1c(F)cccc1F. The zero-order valence-electron chi connectivity index (χ0n) is 7.22. The molecule has 72 valence electrons. The molecule has 0 saturated heterocycles. The Kier molecular flexibility index (Phi) is 2.63. The van der Waals surface area contributed by atoms with Gasteiger partial charge in [0, 0.05) is 6.54 Å². The lowest BCUT2D eigenvalue weighted by Crippen LogP contribution is -2.33. The standard InChI is InChI=1S/C9H11F2NO/c1-9(13,5-12)8-6(10)3-2-4-7(8)11/h2-4,13H,5,12H2,1H3. The molecule has 1 rings (SSSR count). The Hall–Kier alpha value is -1.00. The zero-order valence-corrected chi connectivity index (χ0v) is 7.22. The summed E-state index contributed by atoms with van der Waals surface area (Å²) < 4.78 is 26.2. The van der Waals surface area contributed by atoms with Gasteiger partial charge in [-0.3, -0.25) is 0 Å². The van der Waals surface area contributed by atoms with Crippen LogP contribution >= 0.6 is 0 Å². The van der Waals surface area contributed by atoms with Gasteiger partial charge in [-0.1, -0.05) is 6.07 Å². The first-order chi connectivity index (χ1) is 5.99. The Morgan fingerprint density at radius 1 is 1.38 bits per heavy atom. The van der Waals surface area contributed by atoms with Gasteiger partial charge in [0.2, 0.25) is 0 Å². The zero-order chi connectivity index (χ0) is 10.1. The van der Waals surface area contributed by atoms with Crippen LogP contribution in [0.2, 0.25) is 0 Å². The summed E-state index contributed by atoms with van der Waals surface area (Å²) in [6.45, 7) is 1.04. The van der Waals surface area contributed by atoms with Crippen molar-refractivity contribution in [3.63, 3.8) is 0 Å². The highest BCUT2D eigenvalue weighted by Gasteiger charge is 2.28. The molecular formula is C9H11F2NO. The summed E-state index contributed by atoms with van der Waals surface area (Å²) in [5.41, 5.74) is 3.16. The second-order valence-electron chi connectivity index (χ2n) is 3.07. The van der Waals surface area contributed by atoms with Crippen molar-refractivity contribution in [3.8, 4) is 0 Å². The molecule has 0 spiro atoms. The molecule has 1 unspecified atom stereocenters. The van der Waals surface area contributed by atoms with E-state index in [1.54, 1.807) is 0 Å². The molecule has 0 aromatic heterocycles. The molecule has 3 N–H and O–H groups in total. The van der Waals surface area contributed by atoms with Gasteiger partial charge in [-0.05, 0) is 19.1 Å². The minimum atomic E-state index is -1.66. The van der Waals surface area contributed by atoms with Crippen LogP contribution in [0.4, 0.5) is 8.78 Å². The fraction of sp³-hybridized carbons (Fsp3) is 0.333. The van der Waals surface area contributed by atoms with Crippen molar-refractivity contribution in [1.29, 1.82) is 0 Å². The van der Waals surface area contributed by atoms with Gasteiger partial charge in [-0.2, -0.15) is 0 Å². The van der Waals surface area contributed by atoms with E-state index in [4.69, 9.17) is 5.73 Å². The lowest BCUT2D eigenvalue weighted by atomic mass is 9.95. The van der Waals surface area contributed by atoms with E-state index in [1.807, 2.05) is 0 Å². The highest BCUT2D eigenvalue weighted by molar-refractivity contribution is 5.25. The van der Waals surface area contributed by atoms with Crippen molar-refractivity contribution in [1.82, 2.24) is 0 Å². The van der Waals surface area contributed by atoms with Crippen LogP contribution in [-0.4, -0.2) is 11.7 Å². The summed E-state index contributed by atoms with van der Waals surface area (Å²) in [6.07, 6.45) is 0. The van der Waals surface area contributed by atoms with E-state index in [2.05, 4.69) is 0 Å². The average Bonchev–Trinajstić information content (AvgIpc) is 2.03. The molecule has 0 amide bonds. The molecule has 0 aliphatic heterocycles. The monoisotopic (exact) mass is 187 g/mol. The Balaban J connectivity index is 3.28. The minimum absolute atomic E-state index is 0.231. The number of hydrogen-bond donors (Lipinski definition) is 2. The maximum atomic E-state index is 13.1. The number of nitrogens with two attached hydrogens (primary N) is 1. The van der Waals surface area contributed by atoms with Gasteiger partial charge in [0.05, 0.1) is 5.56 Å². The third-order valence-electron chi connectivity index (χ3n) is 1.90. The highest BCUT2D eigenvalue weighted by Crippen LogP contribution is 2.24. The van der Waals surface area contributed by atoms with Crippen molar-refractivity contribution in [2.75, 3.05) is 6.54 Å². The maximum Gasteiger partial charge on any atom is 0.132 e. The number of halogens is 2. The van der Waals surface area contributed by atoms with Crippen molar-refractivity contribution in [2.24, 2.45) is 5.73 Å². The van der Waals surface area contributed by atoms with E-state index in [0.717, 1.165) is 12.1 Å². The van der Waals surface area contributed by atoms with Gasteiger partial charge >= 0.3 is 0 Å². The molecule has 0 aliphatic rings. The van der Waals surface area contributed by atoms with E-state index in [9.17, 15) is 13.9 Å². The molecule has 0 heterocycles. The lowest BCUT2D eigenvalue weighted by molar-refractivity contribution is 0.0588. The van der Waals surface area contributed by atoms with Gasteiger partial charge < -0.3 is 10.8 Å². The predicted octanol–water partition coefficient (Wildman–Crippen LogP) is 1.13. The Morgan fingerprint density at radius 2 is 1.85 bits per heavy atom. The summed E-state index contributed by atoms with van der Waals surface area (Å²) in [4.78, 5) is 0. The smallest absolute Gasteiger partial charge is 0.132 e. The van der Waals surface area contributed by atoms with E-state index in [-0.39, 0.29) is 12.1 Å². The number of hydrogen-bond acceptors (Lipinski definition) is 2. The molecule has 0 saturated carbocycles. The molecule has 2 nitrogen and oxygen atoms in total. The summed E-state index contributed by atoms with van der Waals surface area (Å²) >= 11 is 0. The van der Waals surface area contributed by atoms with Crippen LogP contribution in [0.3, 0.4) is 0 Å². The van der Waals surface area contributed by atoms with E-state index >= 15 is 0 Å². The summed E-state index contributed by atoms with van der Waals surface area (Å²) in [5.74, 6) is -1.56. The number of benzene rings is 1. The van der Waals surface area contributed by atoms with Crippen LogP contribution in [0.1, 0.15) is 12.5 Å². The first-order valence-electron chi connectivity index (χ1n) is 3.86. The summed E-state index contributed by atoms with van der Waals surface area (Å²) in [6, 6.07) is 3.41.